The Bertz CT molecular complexity index is 1290. The predicted molar refractivity (Wildman–Crippen MR) is 231 cm³/mol. The molecule has 336 valence electrons. The minimum atomic E-state index is -0.755. The predicted octanol–water partition coefficient (Wildman–Crippen LogP) is 7.44. The summed E-state index contributed by atoms with van der Waals surface area (Å²) >= 11 is 0. The third kappa shape index (κ3) is 23.7. The van der Waals surface area contributed by atoms with E-state index in [2.05, 4.69) is 43.3 Å². The highest BCUT2D eigenvalue weighted by Crippen LogP contribution is 2.40. The van der Waals surface area contributed by atoms with Gasteiger partial charge in [-0.15, -0.1) is 0 Å². The van der Waals surface area contributed by atoms with Gasteiger partial charge in [0.25, 0.3) is 0 Å². The fourth-order valence-electron chi connectivity index (χ4n) is 6.22. The Balaban J connectivity index is 1.02. The van der Waals surface area contributed by atoms with Gasteiger partial charge in [-0.05, 0) is 23.1 Å². The maximum Gasteiger partial charge on any atom is 0.305 e. The van der Waals surface area contributed by atoms with E-state index in [1.165, 1.54) is 25.7 Å². The van der Waals surface area contributed by atoms with Gasteiger partial charge in [0.15, 0.2) is 0 Å². The van der Waals surface area contributed by atoms with E-state index in [9.17, 15) is 4.79 Å². The first kappa shape index (κ1) is 51.1. The van der Waals surface area contributed by atoms with E-state index in [1.54, 1.807) is 0 Å². The summed E-state index contributed by atoms with van der Waals surface area (Å²) in [6, 6.07) is 31.0. The van der Waals surface area contributed by atoms with Crippen LogP contribution in [0, 0.1) is 0 Å². The topological polar surface area (TPSA) is 119 Å². The van der Waals surface area contributed by atoms with E-state index in [0.29, 0.717) is 132 Å². The number of rotatable bonds is 41. The SMILES string of the molecule is CCCCCCCCC(=O)OCCOCCOCCOCCOCCOCCOCCOCCOCCOCCOC(c1ccccc1)(c1ccccc1)c1ccccc1. The maximum atomic E-state index is 11.7. The zero-order valence-electron chi connectivity index (χ0n) is 36.2. The molecular formula is C48H72O12. The molecule has 12 nitrogen and oxygen atoms in total. The van der Waals surface area contributed by atoms with Gasteiger partial charge < -0.3 is 52.1 Å². The van der Waals surface area contributed by atoms with Crippen molar-refractivity contribution in [2.75, 3.05) is 132 Å². The van der Waals surface area contributed by atoms with Crippen molar-refractivity contribution in [3.63, 3.8) is 0 Å². The Morgan fingerprint density at radius 1 is 0.367 bits per heavy atom. The highest BCUT2D eigenvalue weighted by molar-refractivity contribution is 5.69. The average molecular weight is 841 g/mol. The van der Waals surface area contributed by atoms with Crippen molar-refractivity contribution in [3.05, 3.63) is 108 Å². The lowest BCUT2D eigenvalue weighted by atomic mass is 9.80. The molecule has 0 aliphatic carbocycles. The first-order valence-electron chi connectivity index (χ1n) is 21.9. The van der Waals surface area contributed by atoms with Crippen LogP contribution < -0.4 is 0 Å². The third-order valence-corrected chi connectivity index (χ3v) is 9.29. The first-order chi connectivity index (χ1) is 29.8. The van der Waals surface area contributed by atoms with Crippen LogP contribution in [-0.2, 0) is 62.5 Å². The van der Waals surface area contributed by atoms with Crippen molar-refractivity contribution in [2.45, 2.75) is 57.5 Å². The molecule has 0 spiro atoms. The second-order valence-corrected chi connectivity index (χ2v) is 13.9. The van der Waals surface area contributed by atoms with Crippen molar-refractivity contribution in [3.8, 4) is 0 Å². The van der Waals surface area contributed by atoms with Crippen molar-refractivity contribution in [1.82, 2.24) is 0 Å². The van der Waals surface area contributed by atoms with Crippen molar-refractivity contribution in [1.29, 1.82) is 0 Å². The number of esters is 1. The molecule has 3 rings (SSSR count). The molecule has 0 radical (unpaired) electrons. The molecule has 0 N–H and O–H groups in total. The highest BCUT2D eigenvalue weighted by atomic mass is 16.6. The summed E-state index contributed by atoms with van der Waals surface area (Å²) in [6.45, 7) is 11.4. The van der Waals surface area contributed by atoms with Crippen LogP contribution in [0.15, 0.2) is 91.0 Å². The quantitative estimate of drug-likeness (QED) is 0.0321. The standard InChI is InChI=1S/C48H72O12/c1-2-3-4-5-6-16-23-47(49)59-42-40-57-38-36-55-34-32-53-30-28-51-26-24-50-25-27-52-29-31-54-33-35-56-37-39-58-41-43-60-48(44-17-10-7-11-18-44,45-19-12-8-13-20-45)46-21-14-9-15-22-46/h7-15,17-22H,2-6,16,23-43H2,1H3. The summed E-state index contributed by atoms with van der Waals surface area (Å²) in [7, 11) is 0. The van der Waals surface area contributed by atoms with Crippen LogP contribution in [0.4, 0.5) is 0 Å². The van der Waals surface area contributed by atoms with E-state index in [4.69, 9.17) is 52.1 Å². The lowest BCUT2D eigenvalue weighted by Gasteiger charge is -2.36. The summed E-state index contributed by atoms with van der Waals surface area (Å²) < 4.78 is 62.1. The maximum absolute atomic E-state index is 11.7. The van der Waals surface area contributed by atoms with Crippen LogP contribution >= 0.6 is 0 Å². The smallest absolute Gasteiger partial charge is 0.305 e. The van der Waals surface area contributed by atoms with Gasteiger partial charge in [0.05, 0.1) is 126 Å². The molecule has 0 bridgehead atoms. The fourth-order valence-corrected chi connectivity index (χ4v) is 6.22. The van der Waals surface area contributed by atoms with Gasteiger partial charge in [0.1, 0.15) is 12.2 Å². The van der Waals surface area contributed by atoms with Gasteiger partial charge in [-0.3, -0.25) is 4.79 Å². The molecule has 60 heavy (non-hydrogen) atoms. The minimum absolute atomic E-state index is 0.145. The second kappa shape index (κ2) is 36.4. The number of carbonyl (C=O) groups is 1. The number of unbranched alkanes of at least 4 members (excludes halogenated alkanes) is 5. The van der Waals surface area contributed by atoms with E-state index in [0.717, 1.165) is 29.5 Å². The van der Waals surface area contributed by atoms with Crippen molar-refractivity contribution >= 4 is 5.97 Å². The largest absolute Gasteiger partial charge is 0.463 e. The molecule has 0 atom stereocenters. The van der Waals surface area contributed by atoms with Crippen LogP contribution in [0.5, 0.6) is 0 Å². The Morgan fingerprint density at radius 3 is 0.983 bits per heavy atom. The zero-order valence-corrected chi connectivity index (χ0v) is 36.2. The molecule has 0 heterocycles. The van der Waals surface area contributed by atoms with Gasteiger partial charge >= 0.3 is 5.97 Å². The monoisotopic (exact) mass is 841 g/mol. The summed E-state index contributed by atoms with van der Waals surface area (Å²) in [6.07, 6.45) is 7.40. The van der Waals surface area contributed by atoms with Crippen molar-refractivity contribution in [2.24, 2.45) is 0 Å². The van der Waals surface area contributed by atoms with Crippen molar-refractivity contribution < 1.29 is 56.9 Å². The van der Waals surface area contributed by atoms with Gasteiger partial charge in [-0.25, -0.2) is 0 Å². The number of benzene rings is 3. The Hall–Kier alpha value is -3.27. The normalized spacial score (nSPS) is 11.6. The Kier molecular flexibility index (Phi) is 31.0. The molecule has 0 amide bonds. The van der Waals surface area contributed by atoms with Gasteiger partial charge in [0.2, 0.25) is 0 Å². The van der Waals surface area contributed by atoms with Gasteiger partial charge in [-0.2, -0.15) is 0 Å². The molecule has 0 saturated heterocycles. The zero-order chi connectivity index (χ0) is 42.3. The number of carbonyl (C=O) groups excluding carboxylic acids is 1. The molecular weight excluding hydrogens is 769 g/mol. The Morgan fingerprint density at radius 2 is 0.650 bits per heavy atom. The molecule has 3 aromatic carbocycles. The lowest BCUT2D eigenvalue weighted by molar-refractivity contribution is -0.145. The van der Waals surface area contributed by atoms with Gasteiger partial charge in [-0.1, -0.05) is 130 Å². The van der Waals surface area contributed by atoms with Gasteiger partial charge in [0, 0.05) is 6.42 Å². The molecule has 0 saturated carbocycles. The summed E-state index contributed by atoms with van der Waals surface area (Å²) in [5.74, 6) is -0.145. The summed E-state index contributed by atoms with van der Waals surface area (Å²) in [5.41, 5.74) is 2.44. The summed E-state index contributed by atoms with van der Waals surface area (Å²) in [4.78, 5) is 11.7. The van der Waals surface area contributed by atoms with Crippen LogP contribution in [0.25, 0.3) is 0 Å². The average Bonchev–Trinajstić information content (AvgIpc) is 3.29. The molecule has 0 aliphatic rings. The second-order valence-electron chi connectivity index (χ2n) is 13.9. The molecule has 3 aromatic rings. The number of hydrogen-bond acceptors (Lipinski definition) is 12. The molecule has 0 aromatic heterocycles. The van der Waals surface area contributed by atoms with Crippen LogP contribution in [0.2, 0.25) is 0 Å². The Labute approximate surface area is 359 Å². The third-order valence-electron chi connectivity index (χ3n) is 9.29. The molecule has 0 aliphatic heterocycles. The molecule has 0 fully saturated rings. The lowest BCUT2D eigenvalue weighted by Crippen LogP contribution is -2.34. The molecule has 0 unspecified atom stereocenters. The molecule has 12 heteroatoms. The van der Waals surface area contributed by atoms with E-state index >= 15 is 0 Å². The minimum Gasteiger partial charge on any atom is -0.463 e. The van der Waals surface area contributed by atoms with E-state index in [1.807, 2.05) is 54.6 Å². The van der Waals surface area contributed by atoms with E-state index < -0.39 is 5.60 Å². The fraction of sp³-hybridized carbons (Fsp3) is 0.604. The number of hydrogen-bond donors (Lipinski definition) is 0. The highest BCUT2D eigenvalue weighted by Gasteiger charge is 2.37. The first-order valence-corrected chi connectivity index (χ1v) is 21.9. The number of ether oxygens (including phenoxy) is 11. The van der Waals surface area contributed by atoms with Crippen LogP contribution in [0.3, 0.4) is 0 Å². The van der Waals surface area contributed by atoms with E-state index in [-0.39, 0.29) is 12.6 Å². The summed E-state index contributed by atoms with van der Waals surface area (Å²) in [5, 5.41) is 0. The van der Waals surface area contributed by atoms with Crippen LogP contribution in [0.1, 0.15) is 68.6 Å². The van der Waals surface area contributed by atoms with Crippen LogP contribution in [-0.4, -0.2) is 138 Å².